The standard InChI is InChI=1S/C28H50N4O4/c1-20(2)14-24-26(33)32(13-9-29-24)25(15-21(3)4)27(34)31-11-7-28(8-12-31)35-18-23(19-36-28)17-30-10-6-22(5)16-30/h20-25,29H,6-19H2,1-5H3/t22?,24-,25-/m0/s1/i6D2,10D2,16D2,22D. The third-order valence-corrected chi connectivity index (χ3v) is 7.51. The van der Waals surface area contributed by atoms with Crippen molar-refractivity contribution in [3.05, 3.63) is 0 Å². The molecule has 4 rings (SSSR count). The largest absolute Gasteiger partial charge is 0.349 e. The Kier molecular flexibility index (Phi) is 6.65. The number of hydrogen-bond acceptors (Lipinski definition) is 6. The fourth-order valence-electron chi connectivity index (χ4n) is 5.59. The minimum absolute atomic E-state index is 0.0111. The van der Waals surface area contributed by atoms with Gasteiger partial charge in [0.1, 0.15) is 6.04 Å². The van der Waals surface area contributed by atoms with Crippen molar-refractivity contribution in [3.8, 4) is 0 Å². The summed E-state index contributed by atoms with van der Waals surface area (Å²) in [5, 5.41) is 3.32. The number of rotatable bonds is 8. The van der Waals surface area contributed by atoms with E-state index in [-0.39, 0.29) is 43.5 Å². The number of nitrogens with one attached hydrogen (secondary N) is 1. The van der Waals surface area contributed by atoms with Gasteiger partial charge in [-0.25, -0.2) is 0 Å². The molecule has 4 fully saturated rings. The maximum Gasteiger partial charge on any atom is 0.245 e. The van der Waals surface area contributed by atoms with Gasteiger partial charge in [0.15, 0.2) is 5.79 Å². The lowest BCUT2D eigenvalue weighted by atomic mass is 9.95. The van der Waals surface area contributed by atoms with Gasteiger partial charge in [-0.1, -0.05) is 34.6 Å². The Bertz CT molecular complexity index is 1000. The smallest absolute Gasteiger partial charge is 0.245 e. The molecule has 4 aliphatic heterocycles. The van der Waals surface area contributed by atoms with E-state index in [0.29, 0.717) is 51.4 Å². The molecular weight excluding hydrogens is 456 g/mol. The SMILES string of the molecule is [2H]C1([2H])N(CC2COC3(CCN(C(=O)[C@H](CC(C)C)N4CCN[C@@H](CC(C)C)C4=O)CC3)OC2)C([2H])([2H])C([2H])(C)C1([2H])[2H]. The van der Waals surface area contributed by atoms with Crippen molar-refractivity contribution >= 4 is 11.8 Å². The van der Waals surface area contributed by atoms with E-state index in [0.717, 1.165) is 18.2 Å². The van der Waals surface area contributed by atoms with Crippen LogP contribution in [0.4, 0.5) is 0 Å². The van der Waals surface area contributed by atoms with Gasteiger partial charge in [0, 0.05) is 67.6 Å². The van der Waals surface area contributed by atoms with Gasteiger partial charge in [0.2, 0.25) is 11.8 Å². The summed E-state index contributed by atoms with van der Waals surface area (Å²) in [7, 11) is 0. The summed E-state index contributed by atoms with van der Waals surface area (Å²) in [5.41, 5.74) is 0. The molecule has 4 heterocycles. The number of nitrogens with zero attached hydrogens (tertiary/aromatic N) is 3. The highest BCUT2D eigenvalue weighted by atomic mass is 16.7. The Morgan fingerprint density at radius 2 is 1.86 bits per heavy atom. The van der Waals surface area contributed by atoms with Crippen LogP contribution in [-0.4, -0.2) is 103 Å². The number of piperidine rings is 1. The van der Waals surface area contributed by atoms with E-state index in [1.807, 2.05) is 0 Å². The molecule has 0 aromatic rings. The maximum absolute atomic E-state index is 13.9. The molecule has 4 aliphatic rings. The minimum atomic E-state index is -2.74. The molecule has 1 unspecified atom stereocenters. The molecular formula is C28H50N4O4. The molecule has 0 bridgehead atoms. The van der Waals surface area contributed by atoms with Gasteiger partial charge in [-0.15, -0.1) is 0 Å². The highest BCUT2D eigenvalue weighted by Gasteiger charge is 2.44. The number of carbonyl (C=O) groups is 2. The van der Waals surface area contributed by atoms with E-state index in [4.69, 9.17) is 19.1 Å². The zero-order chi connectivity index (χ0) is 32.2. The zero-order valence-electron chi connectivity index (χ0n) is 29.6. The van der Waals surface area contributed by atoms with Gasteiger partial charge >= 0.3 is 0 Å². The first-order chi connectivity index (χ1) is 19.8. The normalized spacial score (nSPS) is 38.1. The van der Waals surface area contributed by atoms with Crippen molar-refractivity contribution in [1.82, 2.24) is 20.0 Å². The third kappa shape index (κ3) is 6.80. The Morgan fingerprint density at radius 1 is 1.17 bits per heavy atom. The molecule has 2 amide bonds. The van der Waals surface area contributed by atoms with Gasteiger partial charge < -0.3 is 29.5 Å². The second-order valence-corrected chi connectivity index (χ2v) is 11.6. The van der Waals surface area contributed by atoms with E-state index >= 15 is 0 Å². The van der Waals surface area contributed by atoms with E-state index < -0.39 is 43.0 Å². The lowest BCUT2D eigenvalue weighted by molar-refractivity contribution is -0.298. The van der Waals surface area contributed by atoms with Gasteiger partial charge in [-0.3, -0.25) is 9.59 Å². The monoisotopic (exact) mass is 513 g/mol. The Labute approximate surface area is 228 Å². The second kappa shape index (κ2) is 12.1. The van der Waals surface area contributed by atoms with Crippen LogP contribution in [-0.2, 0) is 19.1 Å². The summed E-state index contributed by atoms with van der Waals surface area (Å²) in [6.45, 7) is 6.26. The molecule has 1 spiro atoms. The lowest BCUT2D eigenvalue weighted by Crippen LogP contribution is -2.63. The van der Waals surface area contributed by atoms with E-state index in [1.54, 1.807) is 9.80 Å². The third-order valence-electron chi connectivity index (χ3n) is 7.51. The van der Waals surface area contributed by atoms with Crippen LogP contribution < -0.4 is 5.32 Å². The number of amides is 2. The summed E-state index contributed by atoms with van der Waals surface area (Å²) < 4.78 is 70.5. The van der Waals surface area contributed by atoms with Crippen molar-refractivity contribution in [2.24, 2.45) is 23.6 Å². The molecule has 8 heteroatoms. The quantitative estimate of drug-likeness (QED) is 0.538. The molecule has 4 saturated heterocycles. The summed E-state index contributed by atoms with van der Waals surface area (Å²) in [4.78, 5) is 31.6. The lowest BCUT2D eigenvalue weighted by Gasteiger charge is -2.47. The van der Waals surface area contributed by atoms with Crippen LogP contribution in [0.2, 0.25) is 0 Å². The summed E-state index contributed by atoms with van der Waals surface area (Å²) in [5.74, 6) is -3.13. The molecule has 3 atom stereocenters. The van der Waals surface area contributed by atoms with Crippen molar-refractivity contribution in [1.29, 1.82) is 0 Å². The predicted octanol–water partition coefficient (Wildman–Crippen LogP) is 2.57. The molecule has 0 saturated carbocycles. The average Bonchev–Trinajstić information content (AvgIpc) is 2.98. The first-order valence-electron chi connectivity index (χ1n) is 17.2. The van der Waals surface area contributed by atoms with Crippen molar-refractivity contribution in [2.45, 2.75) is 84.5 Å². The molecule has 0 aromatic carbocycles. The van der Waals surface area contributed by atoms with Crippen molar-refractivity contribution in [2.75, 3.05) is 58.9 Å². The van der Waals surface area contributed by atoms with Gasteiger partial charge in [-0.2, -0.15) is 0 Å². The first-order valence-corrected chi connectivity index (χ1v) is 13.7. The van der Waals surface area contributed by atoms with Crippen LogP contribution in [0.5, 0.6) is 0 Å². The van der Waals surface area contributed by atoms with E-state index in [2.05, 4.69) is 33.0 Å². The first kappa shape index (κ1) is 19.8. The minimum Gasteiger partial charge on any atom is -0.349 e. The van der Waals surface area contributed by atoms with Crippen LogP contribution in [0.1, 0.15) is 76.3 Å². The highest BCUT2D eigenvalue weighted by molar-refractivity contribution is 5.90. The zero-order valence-corrected chi connectivity index (χ0v) is 22.6. The van der Waals surface area contributed by atoms with E-state index in [9.17, 15) is 9.59 Å². The van der Waals surface area contributed by atoms with Crippen LogP contribution in [0.3, 0.4) is 0 Å². The summed E-state index contributed by atoms with van der Waals surface area (Å²) in [6, 6.07) is -0.803. The maximum atomic E-state index is 13.9. The number of ether oxygens (including phenoxy) is 2. The highest BCUT2D eigenvalue weighted by Crippen LogP contribution is 2.34. The molecule has 0 radical (unpaired) electrons. The molecule has 206 valence electrons. The number of likely N-dealkylation sites (tertiary alicyclic amines) is 2. The van der Waals surface area contributed by atoms with Gasteiger partial charge in [0.25, 0.3) is 0 Å². The van der Waals surface area contributed by atoms with Crippen LogP contribution in [0, 0.1) is 23.6 Å². The molecule has 0 aliphatic carbocycles. The Morgan fingerprint density at radius 3 is 2.44 bits per heavy atom. The molecule has 1 N–H and O–H groups in total. The Balaban J connectivity index is 1.36. The average molecular weight is 514 g/mol. The molecule has 0 aromatic heterocycles. The summed E-state index contributed by atoms with van der Waals surface area (Å²) >= 11 is 0. The second-order valence-electron chi connectivity index (χ2n) is 11.6. The van der Waals surface area contributed by atoms with Crippen LogP contribution in [0.25, 0.3) is 0 Å². The number of carbonyl (C=O) groups excluding carboxylic acids is 2. The molecule has 8 nitrogen and oxygen atoms in total. The summed E-state index contributed by atoms with van der Waals surface area (Å²) in [6.07, 6.45) is -0.559. The number of hydrogen-bond donors (Lipinski definition) is 1. The van der Waals surface area contributed by atoms with Gasteiger partial charge in [-0.05, 0) is 43.4 Å². The molecule has 36 heavy (non-hydrogen) atoms. The topological polar surface area (TPSA) is 74.4 Å². The van der Waals surface area contributed by atoms with Crippen LogP contribution >= 0.6 is 0 Å². The fraction of sp³-hybridized carbons (Fsp3) is 0.929. The fourth-order valence-corrected chi connectivity index (χ4v) is 5.59. The van der Waals surface area contributed by atoms with Crippen molar-refractivity contribution in [3.63, 3.8) is 0 Å². The Hall–Kier alpha value is -1.22. The van der Waals surface area contributed by atoms with E-state index in [1.165, 1.54) is 0 Å². The predicted molar refractivity (Wildman–Crippen MR) is 140 cm³/mol. The van der Waals surface area contributed by atoms with Crippen molar-refractivity contribution < 1.29 is 28.7 Å². The van der Waals surface area contributed by atoms with Crippen LogP contribution in [0.15, 0.2) is 0 Å². The van der Waals surface area contributed by atoms with Gasteiger partial charge in [0.05, 0.1) is 19.3 Å². The number of piperazine rings is 1.